The van der Waals surface area contributed by atoms with Crippen LogP contribution in [0, 0.1) is 0 Å². The molecular formula is C13H14O3S2. The van der Waals surface area contributed by atoms with Gasteiger partial charge in [0, 0.05) is 29.6 Å². The fraction of sp³-hybridized carbons (Fsp3) is 0.385. The largest absolute Gasteiger partial charge is 0.426 e. The highest BCUT2D eigenvalue weighted by atomic mass is 32.2. The molecule has 5 heteroatoms. The van der Waals surface area contributed by atoms with Crippen LogP contribution in [0.15, 0.2) is 18.2 Å². The highest BCUT2D eigenvalue weighted by molar-refractivity contribution is 8.20. The second kappa shape index (κ2) is 5.36. The minimum Gasteiger partial charge on any atom is -0.426 e. The number of esters is 1. The number of benzene rings is 1. The van der Waals surface area contributed by atoms with E-state index in [1.54, 1.807) is 12.1 Å². The van der Waals surface area contributed by atoms with E-state index in [1.807, 2.05) is 29.6 Å². The Kier molecular flexibility index (Phi) is 4.02. The number of carbonyl (C=O) groups is 2. The molecule has 1 aliphatic rings. The molecule has 0 aromatic heterocycles. The van der Waals surface area contributed by atoms with E-state index < -0.39 is 0 Å². The van der Waals surface area contributed by atoms with Crippen LogP contribution in [0.2, 0.25) is 0 Å². The summed E-state index contributed by atoms with van der Waals surface area (Å²) in [5, 5.41) is 0. The van der Waals surface area contributed by atoms with Gasteiger partial charge in [-0.1, -0.05) is 0 Å². The van der Waals surface area contributed by atoms with Gasteiger partial charge < -0.3 is 4.74 Å². The zero-order valence-corrected chi connectivity index (χ0v) is 11.9. The third-order valence-electron chi connectivity index (χ3n) is 2.72. The summed E-state index contributed by atoms with van der Waals surface area (Å²) in [6.45, 7) is 3.49. The molecule has 1 aromatic rings. The molecule has 0 aliphatic carbocycles. The molecule has 1 saturated heterocycles. The summed E-state index contributed by atoms with van der Waals surface area (Å²) in [4.78, 5) is 22.0. The number of hydrogen-bond acceptors (Lipinski definition) is 5. The third kappa shape index (κ3) is 2.72. The van der Waals surface area contributed by atoms with Crippen molar-refractivity contribution in [2.24, 2.45) is 0 Å². The molecule has 0 atom stereocenters. The van der Waals surface area contributed by atoms with Gasteiger partial charge in [-0.3, -0.25) is 9.59 Å². The topological polar surface area (TPSA) is 43.4 Å². The molecule has 0 spiro atoms. The van der Waals surface area contributed by atoms with Gasteiger partial charge in [0.2, 0.25) is 0 Å². The molecule has 0 amide bonds. The van der Waals surface area contributed by atoms with Crippen molar-refractivity contribution in [1.82, 2.24) is 0 Å². The number of rotatable bonds is 3. The fourth-order valence-corrected chi connectivity index (χ4v) is 4.80. The molecule has 0 bridgehead atoms. The van der Waals surface area contributed by atoms with Gasteiger partial charge in [0.05, 0.1) is 4.08 Å². The zero-order valence-electron chi connectivity index (χ0n) is 10.3. The van der Waals surface area contributed by atoms with Gasteiger partial charge in [0.15, 0.2) is 0 Å². The first-order valence-electron chi connectivity index (χ1n) is 5.61. The minimum atomic E-state index is -0.341. The second-order valence-corrected chi connectivity index (χ2v) is 7.39. The average molecular weight is 282 g/mol. The Labute approximate surface area is 115 Å². The maximum Gasteiger partial charge on any atom is 0.308 e. The minimum absolute atomic E-state index is 0.149. The second-order valence-electron chi connectivity index (χ2n) is 4.11. The first-order valence-corrected chi connectivity index (χ1v) is 7.58. The number of hydrogen-bond donors (Lipinski definition) is 0. The van der Waals surface area contributed by atoms with Crippen LogP contribution in [-0.4, -0.2) is 23.8 Å². The van der Waals surface area contributed by atoms with Crippen LogP contribution in [0.4, 0.5) is 0 Å². The lowest BCUT2D eigenvalue weighted by atomic mass is 10.1. The van der Waals surface area contributed by atoms with E-state index >= 15 is 0 Å². The lowest BCUT2D eigenvalue weighted by Crippen LogP contribution is -2.13. The van der Waals surface area contributed by atoms with Crippen molar-refractivity contribution < 1.29 is 14.3 Å². The molecule has 1 heterocycles. The van der Waals surface area contributed by atoms with E-state index in [4.69, 9.17) is 4.74 Å². The molecule has 96 valence electrons. The Bertz CT molecular complexity index is 479. The summed E-state index contributed by atoms with van der Waals surface area (Å²) in [7, 11) is 0. The van der Waals surface area contributed by atoms with Crippen LogP contribution in [0.3, 0.4) is 0 Å². The number of aldehydes is 1. The van der Waals surface area contributed by atoms with Crippen molar-refractivity contribution >= 4 is 35.8 Å². The van der Waals surface area contributed by atoms with Gasteiger partial charge in [-0.15, -0.1) is 23.5 Å². The Balaban J connectivity index is 2.46. The van der Waals surface area contributed by atoms with Gasteiger partial charge in [0.25, 0.3) is 0 Å². The van der Waals surface area contributed by atoms with Crippen molar-refractivity contribution in [2.75, 3.05) is 11.5 Å². The molecule has 0 saturated carbocycles. The van der Waals surface area contributed by atoms with Crippen LogP contribution < -0.4 is 4.74 Å². The van der Waals surface area contributed by atoms with Crippen molar-refractivity contribution in [3.8, 4) is 5.75 Å². The molecule has 0 N–H and O–H groups in total. The predicted octanol–water partition coefficient (Wildman–Crippen LogP) is 3.08. The average Bonchev–Trinajstić information content (AvgIpc) is 2.77. The van der Waals surface area contributed by atoms with Gasteiger partial charge in [-0.2, -0.15) is 0 Å². The molecule has 2 rings (SSSR count). The molecule has 1 aliphatic heterocycles. The van der Waals surface area contributed by atoms with Gasteiger partial charge >= 0.3 is 5.97 Å². The van der Waals surface area contributed by atoms with E-state index in [0.29, 0.717) is 11.3 Å². The van der Waals surface area contributed by atoms with E-state index in [1.165, 1.54) is 6.92 Å². The van der Waals surface area contributed by atoms with Crippen molar-refractivity contribution in [1.29, 1.82) is 0 Å². The monoisotopic (exact) mass is 282 g/mol. The van der Waals surface area contributed by atoms with Crippen LogP contribution in [0.25, 0.3) is 0 Å². The molecule has 3 nitrogen and oxygen atoms in total. The van der Waals surface area contributed by atoms with Crippen LogP contribution in [-0.2, 0) is 8.87 Å². The number of ether oxygens (including phenoxy) is 1. The van der Waals surface area contributed by atoms with Crippen LogP contribution in [0.5, 0.6) is 5.75 Å². The summed E-state index contributed by atoms with van der Waals surface area (Å²) in [6.07, 6.45) is 0.814. The van der Waals surface area contributed by atoms with Crippen molar-refractivity contribution in [3.05, 3.63) is 29.3 Å². The van der Waals surface area contributed by atoms with E-state index in [9.17, 15) is 9.59 Å². The Morgan fingerprint density at radius 1 is 1.39 bits per heavy atom. The zero-order chi connectivity index (χ0) is 13.2. The van der Waals surface area contributed by atoms with Crippen LogP contribution in [0.1, 0.15) is 29.8 Å². The highest BCUT2D eigenvalue weighted by Crippen LogP contribution is 2.54. The predicted molar refractivity (Wildman–Crippen MR) is 75.4 cm³/mol. The van der Waals surface area contributed by atoms with E-state index in [-0.39, 0.29) is 10.0 Å². The summed E-state index contributed by atoms with van der Waals surface area (Å²) in [6, 6.07) is 5.18. The van der Waals surface area contributed by atoms with Gasteiger partial charge in [-0.25, -0.2) is 0 Å². The molecule has 1 aromatic carbocycles. The Morgan fingerprint density at radius 3 is 2.61 bits per heavy atom. The maximum atomic E-state index is 11.1. The summed E-state index contributed by atoms with van der Waals surface area (Å²) in [5.41, 5.74) is 1.52. The third-order valence-corrected chi connectivity index (χ3v) is 6.04. The molecule has 18 heavy (non-hydrogen) atoms. The maximum absolute atomic E-state index is 11.1. The summed E-state index contributed by atoms with van der Waals surface area (Å²) >= 11 is 3.63. The van der Waals surface area contributed by atoms with Gasteiger partial charge in [0.1, 0.15) is 12.0 Å². The lowest BCUT2D eigenvalue weighted by molar-refractivity contribution is -0.131. The summed E-state index contributed by atoms with van der Waals surface area (Å²) in [5.74, 6) is 2.34. The standard InChI is InChI=1S/C13H14O3S2/c1-9(15)16-12-4-3-10(8-14)7-11(12)13(2)17-5-6-18-13/h3-4,7-8H,5-6H2,1-2H3. The molecule has 1 fully saturated rings. The van der Waals surface area contributed by atoms with Crippen LogP contribution >= 0.6 is 23.5 Å². The Morgan fingerprint density at radius 2 is 2.06 bits per heavy atom. The normalized spacial score (nSPS) is 17.4. The fourth-order valence-electron chi connectivity index (χ4n) is 1.89. The van der Waals surface area contributed by atoms with Crippen molar-refractivity contribution in [2.45, 2.75) is 17.9 Å². The van der Waals surface area contributed by atoms with Crippen molar-refractivity contribution in [3.63, 3.8) is 0 Å². The first kappa shape index (κ1) is 13.5. The molecule has 0 radical (unpaired) electrons. The number of carbonyl (C=O) groups excluding carboxylic acids is 2. The molecular weight excluding hydrogens is 268 g/mol. The van der Waals surface area contributed by atoms with Gasteiger partial charge in [-0.05, 0) is 25.1 Å². The highest BCUT2D eigenvalue weighted by Gasteiger charge is 2.35. The Hall–Kier alpha value is -0.940. The number of thioether (sulfide) groups is 2. The SMILES string of the molecule is CC(=O)Oc1ccc(C=O)cc1C1(C)SCCS1. The quantitative estimate of drug-likeness (QED) is 0.484. The lowest BCUT2D eigenvalue weighted by Gasteiger charge is -2.24. The smallest absolute Gasteiger partial charge is 0.308 e. The van der Waals surface area contributed by atoms with E-state index in [0.717, 1.165) is 23.4 Å². The molecule has 0 unspecified atom stereocenters. The summed E-state index contributed by atoms with van der Waals surface area (Å²) < 4.78 is 5.09. The first-order chi connectivity index (χ1) is 8.55. The van der Waals surface area contributed by atoms with E-state index in [2.05, 4.69) is 6.92 Å².